The van der Waals surface area contributed by atoms with Crippen molar-refractivity contribution in [3.63, 3.8) is 0 Å². The fourth-order valence-corrected chi connectivity index (χ4v) is 2.63. The molecule has 0 fully saturated rings. The van der Waals surface area contributed by atoms with Crippen LogP contribution in [0.1, 0.15) is 11.1 Å². The summed E-state index contributed by atoms with van der Waals surface area (Å²) < 4.78 is 1.07. The summed E-state index contributed by atoms with van der Waals surface area (Å²) in [5.74, 6) is 0.763. The molecule has 2 rings (SSSR count). The maximum absolute atomic E-state index is 6.23. The lowest BCUT2D eigenvalue weighted by molar-refractivity contribution is 0.892. The molecule has 0 atom stereocenters. The molecule has 2 N–H and O–H groups in total. The monoisotopic (exact) mass is 339 g/mol. The number of nitrogens with two attached hydrogens (primary N) is 1. The second-order valence-corrected chi connectivity index (χ2v) is 5.66. The van der Waals surface area contributed by atoms with Gasteiger partial charge in [0, 0.05) is 30.8 Å². The Morgan fingerprint density at radius 2 is 2.11 bits per heavy atom. The molecule has 0 bridgehead atoms. The number of rotatable bonds is 4. The van der Waals surface area contributed by atoms with Crippen LogP contribution in [-0.4, -0.2) is 12.0 Å². The van der Waals surface area contributed by atoms with E-state index in [1.54, 1.807) is 6.20 Å². The summed E-state index contributed by atoms with van der Waals surface area (Å²) in [6.07, 6.45) is 1.76. The predicted octanol–water partition coefficient (Wildman–Crippen LogP) is 3.59. The molecule has 3 nitrogen and oxygen atoms in total. The maximum Gasteiger partial charge on any atom is 0.147 e. The van der Waals surface area contributed by atoms with Gasteiger partial charge in [0.05, 0.1) is 5.02 Å². The van der Waals surface area contributed by atoms with E-state index in [0.717, 1.165) is 22.4 Å². The van der Waals surface area contributed by atoms with Crippen molar-refractivity contribution < 1.29 is 0 Å². The second kappa shape index (κ2) is 6.37. The van der Waals surface area contributed by atoms with Gasteiger partial charge in [0.2, 0.25) is 0 Å². The van der Waals surface area contributed by atoms with Crippen molar-refractivity contribution in [1.82, 2.24) is 4.98 Å². The van der Waals surface area contributed by atoms with Gasteiger partial charge in [-0.05, 0) is 29.3 Å². The van der Waals surface area contributed by atoms with Crippen LogP contribution in [-0.2, 0) is 13.1 Å². The van der Waals surface area contributed by atoms with Crippen LogP contribution < -0.4 is 10.6 Å². The van der Waals surface area contributed by atoms with Gasteiger partial charge in [0.15, 0.2) is 0 Å². The number of hydrogen-bond donors (Lipinski definition) is 1. The molecular formula is C14H15BrClN3. The summed E-state index contributed by atoms with van der Waals surface area (Å²) in [5.41, 5.74) is 7.69. The van der Waals surface area contributed by atoms with Gasteiger partial charge in [-0.15, -0.1) is 0 Å². The summed E-state index contributed by atoms with van der Waals surface area (Å²) >= 11 is 9.70. The van der Waals surface area contributed by atoms with Crippen LogP contribution in [0.25, 0.3) is 0 Å². The Bertz CT molecular complexity index is 574. The SMILES string of the molecule is CN(Cc1cccc(Br)c1)c1ncc(CN)cc1Cl. The molecule has 1 aromatic carbocycles. The summed E-state index contributed by atoms with van der Waals surface area (Å²) in [7, 11) is 1.97. The highest BCUT2D eigenvalue weighted by atomic mass is 79.9. The molecule has 1 heterocycles. The standard InChI is InChI=1S/C14H15BrClN3/c1-19(9-10-3-2-4-12(15)5-10)14-13(16)6-11(7-17)8-18-14/h2-6,8H,7,9,17H2,1H3. The molecule has 0 aliphatic carbocycles. The van der Waals surface area contributed by atoms with Crippen LogP contribution in [0.15, 0.2) is 41.0 Å². The molecular weight excluding hydrogens is 326 g/mol. The summed E-state index contributed by atoms with van der Waals surface area (Å²) in [6, 6.07) is 10.0. The summed E-state index contributed by atoms with van der Waals surface area (Å²) in [6.45, 7) is 1.19. The van der Waals surface area contributed by atoms with Crippen molar-refractivity contribution in [2.45, 2.75) is 13.1 Å². The first-order chi connectivity index (χ1) is 9.10. The first-order valence-corrected chi connectivity index (χ1v) is 7.07. The zero-order valence-electron chi connectivity index (χ0n) is 10.6. The van der Waals surface area contributed by atoms with Crippen LogP contribution in [0.2, 0.25) is 5.02 Å². The number of pyridine rings is 1. The number of nitrogens with zero attached hydrogens (tertiary/aromatic N) is 2. The van der Waals surface area contributed by atoms with Gasteiger partial charge < -0.3 is 10.6 Å². The lowest BCUT2D eigenvalue weighted by atomic mass is 10.2. The minimum absolute atomic E-state index is 0.447. The van der Waals surface area contributed by atoms with E-state index in [1.807, 2.05) is 30.1 Å². The van der Waals surface area contributed by atoms with E-state index < -0.39 is 0 Å². The summed E-state index contributed by atoms with van der Waals surface area (Å²) in [5, 5.41) is 0.625. The largest absolute Gasteiger partial charge is 0.354 e. The van der Waals surface area contributed by atoms with Crippen LogP contribution in [0.3, 0.4) is 0 Å². The molecule has 0 saturated heterocycles. The van der Waals surface area contributed by atoms with E-state index in [-0.39, 0.29) is 0 Å². The predicted molar refractivity (Wildman–Crippen MR) is 83.4 cm³/mol. The lowest BCUT2D eigenvalue weighted by Gasteiger charge is -2.20. The van der Waals surface area contributed by atoms with E-state index >= 15 is 0 Å². The third-order valence-electron chi connectivity index (χ3n) is 2.78. The van der Waals surface area contributed by atoms with Crippen molar-refractivity contribution >= 4 is 33.3 Å². The Kier molecular flexibility index (Phi) is 4.80. The molecule has 0 aliphatic heterocycles. The molecule has 19 heavy (non-hydrogen) atoms. The fourth-order valence-electron chi connectivity index (χ4n) is 1.85. The summed E-state index contributed by atoms with van der Waals surface area (Å²) in [4.78, 5) is 6.39. The lowest BCUT2D eigenvalue weighted by Crippen LogP contribution is -2.18. The molecule has 2 aromatic rings. The van der Waals surface area contributed by atoms with E-state index in [9.17, 15) is 0 Å². The molecule has 0 unspecified atom stereocenters. The zero-order chi connectivity index (χ0) is 13.8. The average molecular weight is 341 g/mol. The van der Waals surface area contributed by atoms with Gasteiger partial charge in [-0.1, -0.05) is 39.7 Å². The number of hydrogen-bond acceptors (Lipinski definition) is 3. The van der Waals surface area contributed by atoms with E-state index in [2.05, 4.69) is 33.0 Å². The van der Waals surface area contributed by atoms with Gasteiger partial charge in [-0.25, -0.2) is 4.98 Å². The normalized spacial score (nSPS) is 10.5. The molecule has 100 valence electrons. The van der Waals surface area contributed by atoms with Crippen molar-refractivity contribution in [3.8, 4) is 0 Å². The van der Waals surface area contributed by atoms with E-state index in [0.29, 0.717) is 11.6 Å². The molecule has 0 radical (unpaired) electrons. The highest BCUT2D eigenvalue weighted by Gasteiger charge is 2.09. The van der Waals surface area contributed by atoms with Gasteiger partial charge in [0.25, 0.3) is 0 Å². The Balaban J connectivity index is 2.18. The van der Waals surface area contributed by atoms with Crippen LogP contribution in [0.5, 0.6) is 0 Å². The first kappa shape index (κ1) is 14.3. The van der Waals surface area contributed by atoms with Crippen molar-refractivity contribution in [2.75, 3.05) is 11.9 Å². The topological polar surface area (TPSA) is 42.2 Å². The Morgan fingerprint density at radius 3 is 2.74 bits per heavy atom. The third kappa shape index (κ3) is 3.69. The number of aromatic nitrogens is 1. The third-order valence-corrected chi connectivity index (χ3v) is 3.56. The number of halogens is 2. The van der Waals surface area contributed by atoms with Gasteiger partial charge in [0.1, 0.15) is 5.82 Å². The first-order valence-electron chi connectivity index (χ1n) is 5.90. The van der Waals surface area contributed by atoms with Crippen molar-refractivity contribution in [3.05, 3.63) is 57.2 Å². The van der Waals surface area contributed by atoms with Gasteiger partial charge in [-0.3, -0.25) is 0 Å². The fraction of sp³-hybridized carbons (Fsp3) is 0.214. The molecule has 0 amide bonds. The van der Waals surface area contributed by atoms with E-state index in [4.69, 9.17) is 17.3 Å². The molecule has 1 aromatic heterocycles. The highest BCUT2D eigenvalue weighted by Crippen LogP contribution is 2.24. The molecule has 0 aliphatic rings. The second-order valence-electron chi connectivity index (χ2n) is 4.34. The minimum atomic E-state index is 0.447. The number of benzene rings is 1. The molecule has 0 spiro atoms. The smallest absolute Gasteiger partial charge is 0.147 e. The van der Waals surface area contributed by atoms with Crippen molar-refractivity contribution in [2.24, 2.45) is 5.73 Å². The molecule has 0 saturated carbocycles. The Morgan fingerprint density at radius 1 is 1.32 bits per heavy atom. The zero-order valence-corrected chi connectivity index (χ0v) is 12.9. The van der Waals surface area contributed by atoms with Gasteiger partial charge in [-0.2, -0.15) is 0 Å². The maximum atomic E-state index is 6.23. The Hall–Kier alpha value is -1.10. The average Bonchev–Trinajstić information content (AvgIpc) is 2.38. The highest BCUT2D eigenvalue weighted by molar-refractivity contribution is 9.10. The number of anilines is 1. The Labute approximate surface area is 126 Å². The van der Waals surface area contributed by atoms with Crippen LogP contribution >= 0.6 is 27.5 Å². The van der Waals surface area contributed by atoms with Crippen LogP contribution in [0, 0.1) is 0 Å². The van der Waals surface area contributed by atoms with E-state index in [1.165, 1.54) is 5.56 Å². The van der Waals surface area contributed by atoms with Gasteiger partial charge >= 0.3 is 0 Å². The van der Waals surface area contributed by atoms with Crippen molar-refractivity contribution in [1.29, 1.82) is 0 Å². The quantitative estimate of drug-likeness (QED) is 0.925. The molecule has 5 heteroatoms. The minimum Gasteiger partial charge on any atom is -0.354 e. The van der Waals surface area contributed by atoms with Crippen LogP contribution in [0.4, 0.5) is 5.82 Å².